The Labute approximate surface area is 94.0 Å². The molecule has 0 fully saturated rings. The van der Waals surface area contributed by atoms with Gasteiger partial charge in [0.2, 0.25) is 0 Å². The molecule has 9 heteroatoms. The second kappa shape index (κ2) is 7.09. The molecule has 0 aliphatic carbocycles. The highest BCUT2D eigenvalue weighted by Crippen LogP contribution is 1.92. The molecule has 94 valence electrons. The number of aliphatic carboxylic acids is 2. The molecule has 1 heterocycles. The van der Waals surface area contributed by atoms with E-state index in [9.17, 15) is 14.4 Å². The number of carbonyl (C=O) groups is 2. The first kappa shape index (κ1) is 14.7. The molecular weight excluding hydrogens is 236 g/mol. The lowest BCUT2D eigenvalue weighted by Gasteiger charge is -2.07. The highest BCUT2D eigenvalue weighted by molar-refractivity contribution is 5.83. The van der Waals surface area contributed by atoms with Crippen LogP contribution in [-0.2, 0) is 9.59 Å². The largest absolute Gasteiger partial charge is 0.479 e. The second-order valence-corrected chi connectivity index (χ2v) is 2.67. The lowest BCUT2D eigenvalue weighted by Crippen LogP contribution is -2.39. The van der Waals surface area contributed by atoms with Crippen molar-refractivity contribution in [1.29, 1.82) is 0 Å². The van der Waals surface area contributed by atoms with E-state index in [1.54, 1.807) is 0 Å². The van der Waals surface area contributed by atoms with Crippen LogP contribution in [0.15, 0.2) is 23.4 Å². The number of aliphatic hydroxyl groups excluding tert-OH is 2. The van der Waals surface area contributed by atoms with Crippen LogP contribution in [0.25, 0.3) is 0 Å². The van der Waals surface area contributed by atoms with Crippen molar-refractivity contribution in [2.24, 2.45) is 0 Å². The van der Waals surface area contributed by atoms with Crippen LogP contribution in [0.1, 0.15) is 0 Å². The Kier molecular flexibility index (Phi) is 6.14. The van der Waals surface area contributed by atoms with Gasteiger partial charge in [0.05, 0.1) is 6.33 Å². The third kappa shape index (κ3) is 6.02. The minimum absolute atomic E-state index is 0.116. The monoisotopic (exact) mass is 246 g/mol. The molecule has 0 saturated heterocycles. The molecule has 0 aliphatic heterocycles. The fourth-order valence-corrected chi connectivity index (χ4v) is 0.573. The Balaban J connectivity index is 0.000000318. The average Bonchev–Trinajstić information content (AvgIpc) is 2.28. The van der Waals surface area contributed by atoms with Crippen LogP contribution in [0.3, 0.4) is 0 Å². The van der Waals surface area contributed by atoms with Gasteiger partial charge in [-0.3, -0.25) is 4.79 Å². The molecule has 0 aliphatic rings. The summed E-state index contributed by atoms with van der Waals surface area (Å²) in [6.07, 6.45) is -1.74. The van der Waals surface area contributed by atoms with Crippen LogP contribution < -0.4 is 5.56 Å². The third-order valence-electron chi connectivity index (χ3n) is 1.40. The van der Waals surface area contributed by atoms with Crippen molar-refractivity contribution in [1.82, 2.24) is 9.97 Å². The number of hydrogen-bond acceptors (Lipinski definition) is 6. The SMILES string of the molecule is O=C(O)C(O)C(O)C(=O)O.O=c1ccnc[nH]1. The Morgan fingerprint density at radius 2 is 1.65 bits per heavy atom. The van der Waals surface area contributed by atoms with Crippen molar-refractivity contribution in [3.05, 3.63) is 28.9 Å². The zero-order chi connectivity index (χ0) is 13.4. The minimum atomic E-state index is -2.27. The molecule has 9 nitrogen and oxygen atoms in total. The molecule has 2 unspecified atom stereocenters. The molecule has 0 spiro atoms. The van der Waals surface area contributed by atoms with E-state index in [0.717, 1.165) is 0 Å². The number of carboxylic acid groups (broad SMARTS) is 2. The second-order valence-electron chi connectivity index (χ2n) is 2.67. The van der Waals surface area contributed by atoms with E-state index in [-0.39, 0.29) is 5.56 Å². The summed E-state index contributed by atoms with van der Waals surface area (Å²) in [4.78, 5) is 35.7. The summed E-state index contributed by atoms with van der Waals surface area (Å²) in [7, 11) is 0. The van der Waals surface area contributed by atoms with Crippen molar-refractivity contribution in [3.63, 3.8) is 0 Å². The number of rotatable bonds is 3. The Morgan fingerprint density at radius 1 is 1.18 bits per heavy atom. The third-order valence-corrected chi connectivity index (χ3v) is 1.40. The van der Waals surface area contributed by atoms with Crippen molar-refractivity contribution in [3.8, 4) is 0 Å². The molecule has 2 atom stereocenters. The zero-order valence-corrected chi connectivity index (χ0v) is 8.35. The van der Waals surface area contributed by atoms with E-state index in [4.69, 9.17) is 20.4 Å². The number of aliphatic hydroxyl groups is 2. The number of aromatic nitrogens is 2. The van der Waals surface area contributed by atoms with Gasteiger partial charge in [-0.25, -0.2) is 14.6 Å². The molecule has 5 N–H and O–H groups in total. The van der Waals surface area contributed by atoms with E-state index < -0.39 is 24.1 Å². The van der Waals surface area contributed by atoms with Crippen LogP contribution in [-0.4, -0.2) is 54.5 Å². The van der Waals surface area contributed by atoms with Gasteiger partial charge in [0.1, 0.15) is 0 Å². The Hall–Kier alpha value is -2.26. The highest BCUT2D eigenvalue weighted by Gasteiger charge is 2.29. The molecule has 0 amide bonds. The Bertz CT molecular complexity index is 394. The van der Waals surface area contributed by atoms with Crippen LogP contribution >= 0.6 is 0 Å². The minimum Gasteiger partial charge on any atom is -0.479 e. The lowest BCUT2D eigenvalue weighted by molar-refractivity contribution is -0.165. The smallest absolute Gasteiger partial charge is 0.335 e. The summed E-state index contributed by atoms with van der Waals surface area (Å²) in [5.74, 6) is -3.54. The first-order valence-electron chi connectivity index (χ1n) is 4.16. The molecular formula is C8H10N2O7. The predicted octanol–water partition coefficient (Wildman–Crippen LogP) is -2.35. The maximum atomic E-state index is 10.2. The van der Waals surface area contributed by atoms with Gasteiger partial charge in [-0.2, -0.15) is 0 Å². The number of carboxylic acids is 2. The standard InChI is InChI=1S/C4H4N2O.C4H6O6/c7-4-1-2-5-3-6-4;5-1(3(7)8)2(6)4(9)10/h1-3H,(H,5,6,7);1-2,5-6H,(H,7,8)(H,9,10). The quantitative estimate of drug-likeness (QED) is 0.396. The molecule has 1 aromatic rings. The molecule has 1 aromatic heterocycles. The number of aromatic amines is 1. The molecule has 0 radical (unpaired) electrons. The van der Waals surface area contributed by atoms with Crippen LogP contribution in [0, 0.1) is 0 Å². The maximum absolute atomic E-state index is 10.2. The Morgan fingerprint density at radius 3 is 1.82 bits per heavy atom. The van der Waals surface area contributed by atoms with E-state index in [0.29, 0.717) is 0 Å². The summed E-state index contributed by atoms with van der Waals surface area (Å²) in [5.41, 5.74) is -0.116. The summed E-state index contributed by atoms with van der Waals surface area (Å²) >= 11 is 0. The van der Waals surface area contributed by atoms with Gasteiger partial charge < -0.3 is 25.4 Å². The van der Waals surface area contributed by atoms with Gasteiger partial charge in [-0.05, 0) is 0 Å². The average molecular weight is 246 g/mol. The maximum Gasteiger partial charge on any atom is 0.335 e. The van der Waals surface area contributed by atoms with Crippen molar-refractivity contribution >= 4 is 11.9 Å². The molecule has 0 saturated carbocycles. The van der Waals surface area contributed by atoms with Crippen molar-refractivity contribution in [2.75, 3.05) is 0 Å². The van der Waals surface area contributed by atoms with E-state index >= 15 is 0 Å². The first-order chi connectivity index (χ1) is 7.86. The van der Waals surface area contributed by atoms with E-state index in [2.05, 4.69) is 9.97 Å². The number of H-pyrrole nitrogens is 1. The van der Waals surface area contributed by atoms with Crippen molar-refractivity contribution < 1.29 is 30.0 Å². The first-order valence-corrected chi connectivity index (χ1v) is 4.16. The van der Waals surface area contributed by atoms with E-state index in [1.165, 1.54) is 18.6 Å². The van der Waals surface area contributed by atoms with Gasteiger partial charge in [0, 0.05) is 12.3 Å². The number of hydrogen-bond donors (Lipinski definition) is 5. The number of nitrogens with zero attached hydrogens (tertiary/aromatic N) is 1. The highest BCUT2D eigenvalue weighted by atomic mass is 16.4. The molecule has 1 rings (SSSR count). The summed E-state index contributed by atoms with van der Waals surface area (Å²) < 4.78 is 0. The normalized spacial score (nSPS) is 12.8. The van der Waals surface area contributed by atoms with E-state index in [1.807, 2.05) is 0 Å². The van der Waals surface area contributed by atoms with Crippen LogP contribution in [0.5, 0.6) is 0 Å². The molecule has 17 heavy (non-hydrogen) atoms. The fourth-order valence-electron chi connectivity index (χ4n) is 0.573. The summed E-state index contributed by atoms with van der Waals surface area (Å²) in [6.45, 7) is 0. The van der Waals surface area contributed by atoms with Gasteiger partial charge >= 0.3 is 11.9 Å². The molecule has 0 bridgehead atoms. The van der Waals surface area contributed by atoms with Gasteiger partial charge in [0.25, 0.3) is 5.56 Å². The van der Waals surface area contributed by atoms with Crippen molar-refractivity contribution in [2.45, 2.75) is 12.2 Å². The topological polar surface area (TPSA) is 161 Å². The predicted molar refractivity (Wildman–Crippen MR) is 52.1 cm³/mol. The number of nitrogens with one attached hydrogen (secondary N) is 1. The molecule has 0 aromatic carbocycles. The van der Waals surface area contributed by atoms with Gasteiger partial charge in [0.15, 0.2) is 12.2 Å². The van der Waals surface area contributed by atoms with Crippen LogP contribution in [0.4, 0.5) is 0 Å². The van der Waals surface area contributed by atoms with Crippen LogP contribution in [0.2, 0.25) is 0 Å². The summed E-state index contributed by atoms with van der Waals surface area (Å²) in [5, 5.41) is 32.5. The van der Waals surface area contributed by atoms with Gasteiger partial charge in [-0.1, -0.05) is 0 Å². The fraction of sp³-hybridized carbons (Fsp3) is 0.250. The van der Waals surface area contributed by atoms with Gasteiger partial charge in [-0.15, -0.1) is 0 Å². The summed E-state index contributed by atoms with van der Waals surface area (Å²) in [6, 6.07) is 1.36. The lowest BCUT2D eigenvalue weighted by atomic mass is 10.2. The zero-order valence-electron chi connectivity index (χ0n) is 8.35.